The Balaban J connectivity index is 1.34. The van der Waals surface area contributed by atoms with Crippen LogP contribution in [0.2, 0.25) is 0 Å². The van der Waals surface area contributed by atoms with E-state index in [0.29, 0.717) is 31.0 Å². The van der Waals surface area contributed by atoms with E-state index >= 15 is 0 Å². The van der Waals surface area contributed by atoms with Crippen molar-refractivity contribution in [1.29, 1.82) is 0 Å². The second-order valence-electron chi connectivity index (χ2n) is 8.61. The van der Waals surface area contributed by atoms with Gasteiger partial charge in [-0.15, -0.1) is 0 Å². The molecule has 0 spiro atoms. The summed E-state index contributed by atoms with van der Waals surface area (Å²) in [7, 11) is 1.67. The van der Waals surface area contributed by atoms with Crippen molar-refractivity contribution in [1.82, 2.24) is 10.2 Å². The van der Waals surface area contributed by atoms with Gasteiger partial charge in [0.05, 0.1) is 12.8 Å². The van der Waals surface area contributed by atoms with E-state index in [9.17, 15) is 9.59 Å². The highest BCUT2D eigenvalue weighted by Crippen LogP contribution is 2.36. The molecule has 4 rings (SSSR count). The molecule has 29 heavy (non-hydrogen) atoms. The molecule has 1 aromatic rings. The SMILES string of the molecule is CCC(=O)NC1C[C@@H]2CC[C@@H](C1)N2CCCN1C(=O)CCc2ccc(OC)cc21. The lowest BCUT2D eigenvalue weighted by Gasteiger charge is -2.39. The Morgan fingerprint density at radius 3 is 2.62 bits per heavy atom. The van der Waals surface area contributed by atoms with Gasteiger partial charge < -0.3 is 15.0 Å². The number of methoxy groups -OCH3 is 1. The molecule has 3 aliphatic rings. The molecule has 0 unspecified atom stereocenters. The standard InChI is InChI=1S/C23H33N3O3/c1-3-22(27)24-17-13-18-7-8-19(14-17)25(18)11-4-12-26-21-15-20(29-2)9-5-16(21)6-10-23(26)28/h5,9,15,17-19H,3-4,6-8,10-14H2,1-2H3,(H,24,27)/t18-,19-/m0/s1. The van der Waals surface area contributed by atoms with E-state index in [-0.39, 0.29) is 11.8 Å². The van der Waals surface area contributed by atoms with Crippen LogP contribution in [0.15, 0.2) is 18.2 Å². The van der Waals surface area contributed by atoms with Crippen molar-refractivity contribution in [3.8, 4) is 5.75 Å². The summed E-state index contributed by atoms with van der Waals surface area (Å²) in [6.45, 7) is 3.69. The van der Waals surface area contributed by atoms with Crippen molar-refractivity contribution in [3.05, 3.63) is 23.8 Å². The summed E-state index contributed by atoms with van der Waals surface area (Å²) in [6.07, 6.45) is 7.52. The predicted octanol–water partition coefficient (Wildman–Crippen LogP) is 2.89. The van der Waals surface area contributed by atoms with Crippen LogP contribution in [-0.4, -0.2) is 55.0 Å². The Kier molecular flexibility index (Phi) is 6.09. The molecular weight excluding hydrogens is 366 g/mol. The monoisotopic (exact) mass is 399 g/mol. The Labute approximate surface area is 173 Å². The van der Waals surface area contributed by atoms with Crippen LogP contribution >= 0.6 is 0 Å². The summed E-state index contributed by atoms with van der Waals surface area (Å²) in [5, 5.41) is 3.19. The fourth-order valence-electron chi connectivity index (χ4n) is 5.39. The van der Waals surface area contributed by atoms with E-state index in [1.165, 1.54) is 18.4 Å². The third-order valence-electron chi connectivity index (χ3n) is 6.86. The van der Waals surface area contributed by atoms with Gasteiger partial charge in [-0.3, -0.25) is 14.5 Å². The van der Waals surface area contributed by atoms with Crippen LogP contribution in [0, 0.1) is 0 Å². The number of benzene rings is 1. The maximum absolute atomic E-state index is 12.6. The molecule has 3 heterocycles. The molecule has 2 fully saturated rings. The van der Waals surface area contributed by atoms with Gasteiger partial charge in [-0.1, -0.05) is 13.0 Å². The second-order valence-corrected chi connectivity index (χ2v) is 8.61. The Morgan fingerprint density at radius 2 is 1.93 bits per heavy atom. The van der Waals surface area contributed by atoms with Crippen LogP contribution in [-0.2, 0) is 16.0 Å². The van der Waals surface area contributed by atoms with E-state index in [1.54, 1.807) is 7.11 Å². The molecule has 0 saturated carbocycles. The lowest BCUT2D eigenvalue weighted by atomic mass is 9.96. The highest BCUT2D eigenvalue weighted by molar-refractivity contribution is 5.96. The number of anilines is 1. The van der Waals surface area contributed by atoms with Gasteiger partial charge in [0.1, 0.15) is 5.75 Å². The average Bonchev–Trinajstić information content (AvgIpc) is 2.97. The van der Waals surface area contributed by atoms with Gasteiger partial charge in [-0.05, 0) is 50.2 Å². The quantitative estimate of drug-likeness (QED) is 0.766. The molecule has 2 amide bonds. The van der Waals surface area contributed by atoms with Gasteiger partial charge in [0.15, 0.2) is 0 Å². The fourth-order valence-corrected chi connectivity index (χ4v) is 5.39. The summed E-state index contributed by atoms with van der Waals surface area (Å²) < 4.78 is 5.37. The minimum Gasteiger partial charge on any atom is -0.497 e. The zero-order valence-corrected chi connectivity index (χ0v) is 17.7. The van der Waals surface area contributed by atoms with Crippen molar-refractivity contribution in [2.45, 2.75) is 76.4 Å². The molecular formula is C23H33N3O3. The van der Waals surface area contributed by atoms with Crippen LogP contribution in [0.3, 0.4) is 0 Å². The van der Waals surface area contributed by atoms with Crippen LogP contribution < -0.4 is 15.0 Å². The number of piperidine rings is 1. The number of rotatable bonds is 7. The average molecular weight is 400 g/mol. The number of ether oxygens (including phenoxy) is 1. The minimum absolute atomic E-state index is 0.167. The van der Waals surface area contributed by atoms with E-state index in [1.807, 2.05) is 24.0 Å². The molecule has 3 aliphatic heterocycles. The van der Waals surface area contributed by atoms with Gasteiger partial charge in [0.2, 0.25) is 11.8 Å². The molecule has 1 aromatic carbocycles. The summed E-state index contributed by atoms with van der Waals surface area (Å²) in [5.41, 5.74) is 2.25. The number of hydrogen-bond donors (Lipinski definition) is 1. The topological polar surface area (TPSA) is 61.9 Å². The number of nitrogens with zero attached hydrogens (tertiary/aromatic N) is 2. The molecule has 158 valence electrons. The van der Waals surface area contributed by atoms with Crippen LogP contribution in [0.25, 0.3) is 0 Å². The van der Waals surface area contributed by atoms with Gasteiger partial charge in [0.25, 0.3) is 0 Å². The predicted molar refractivity (Wildman–Crippen MR) is 113 cm³/mol. The number of carbonyl (C=O) groups is 2. The molecule has 2 bridgehead atoms. The summed E-state index contributed by atoms with van der Waals surface area (Å²) in [5.74, 6) is 1.19. The number of hydrogen-bond acceptors (Lipinski definition) is 4. The molecule has 0 aromatic heterocycles. The third kappa shape index (κ3) is 4.27. The first-order valence-electron chi connectivity index (χ1n) is 11.1. The second kappa shape index (κ2) is 8.74. The maximum Gasteiger partial charge on any atom is 0.227 e. The number of fused-ring (bicyclic) bond motifs is 3. The first-order chi connectivity index (χ1) is 14.1. The minimum atomic E-state index is 0.167. The Morgan fingerprint density at radius 1 is 1.17 bits per heavy atom. The Bertz CT molecular complexity index is 752. The fraction of sp³-hybridized carbons (Fsp3) is 0.652. The normalized spacial score (nSPS) is 26.3. The van der Waals surface area contributed by atoms with Gasteiger partial charge in [-0.2, -0.15) is 0 Å². The number of nitrogens with one attached hydrogen (secondary N) is 1. The summed E-state index contributed by atoms with van der Waals surface area (Å²) in [6, 6.07) is 7.53. The van der Waals surface area contributed by atoms with E-state index in [2.05, 4.69) is 16.3 Å². The lowest BCUT2D eigenvalue weighted by Crippen LogP contribution is -2.50. The Hall–Kier alpha value is -2.08. The molecule has 2 saturated heterocycles. The van der Waals surface area contributed by atoms with E-state index in [4.69, 9.17) is 4.74 Å². The number of carbonyl (C=O) groups excluding carboxylic acids is 2. The summed E-state index contributed by atoms with van der Waals surface area (Å²) in [4.78, 5) is 28.9. The number of aryl methyl sites for hydroxylation is 1. The largest absolute Gasteiger partial charge is 0.497 e. The molecule has 0 radical (unpaired) electrons. The molecule has 6 nitrogen and oxygen atoms in total. The van der Waals surface area contributed by atoms with E-state index < -0.39 is 0 Å². The third-order valence-corrected chi connectivity index (χ3v) is 6.86. The van der Waals surface area contributed by atoms with Crippen molar-refractivity contribution < 1.29 is 14.3 Å². The van der Waals surface area contributed by atoms with Crippen LogP contribution in [0.1, 0.15) is 57.4 Å². The van der Waals surface area contributed by atoms with Gasteiger partial charge in [0, 0.05) is 50.1 Å². The van der Waals surface area contributed by atoms with Gasteiger partial charge in [-0.25, -0.2) is 0 Å². The maximum atomic E-state index is 12.6. The van der Waals surface area contributed by atoms with Crippen molar-refractivity contribution in [2.75, 3.05) is 25.1 Å². The van der Waals surface area contributed by atoms with Crippen LogP contribution in [0.4, 0.5) is 5.69 Å². The smallest absolute Gasteiger partial charge is 0.227 e. The summed E-state index contributed by atoms with van der Waals surface area (Å²) >= 11 is 0. The highest BCUT2D eigenvalue weighted by atomic mass is 16.5. The first-order valence-corrected chi connectivity index (χ1v) is 11.1. The first kappa shape index (κ1) is 20.2. The number of amides is 2. The van der Waals surface area contributed by atoms with E-state index in [0.717, 1.165) is 50.2 Å². The van der Waals surface area contributed by atoms with Crippen molar-refractivity contribution >= 4 is 17.5 Å². The van der Waals surface area contributed by atoms with Crippen molar-refractivity contribution in [2.24, 2.45) is 0 Å². The zero-order chi connectivity index (χ0) is 20.4. The molecule has 0 aliphatic carbocycles. The highest BCUT2D eigenvalue weighted by Gasteiger charge is 2.40. The lowest BCUT2D eigenvalue weighted by molar-refractivity contribution is -0.122. The van der Waals surface area contributed by atoms with Crippen LogP contribution in [0.5, 0.6) is 5.75 Å². The molecule has 2 atom stereocenters. The van der Waals surface area contributed by atoms with Gasteiger partial charge >= 0.3 is 0 Å². The zero-order valence-electron chi connectivity index (χ0n) is 17.7. The van der Waals surface area contributed by atoms with Crippen molar-refractivity contribution in [3.63, 3.8) is 0 Å². The molecule has 6 heteroatoms. The molecule has 1 N–H and O–H groups in total.